The number of nitriles is 1. The minimum atomic E-state index is -0.470. The number of halogens is 2. The fourth-order valence-corrected chi connectivity index (χ4v) is 2.06. The van der Waals surface area contributed by atoms with Gasteiger partial charge in [-0.05, 0) is 45.3 Å². The van der Waals surface area contributed by atoms with Gasteiger partial charge in [0.05, 0.1) is 11.6 Å². The number of rotatable bonds is 5. The molecule has 0 spiro atoms. The first-order valence-electron chi connectivity index (χ1n) is 6.04. The Kier molecular flexibility index (Phi) is 5.01. The van der Waals surface area contributed by atoms with E-state index in [4.69, 9.17) is 10.00 Å². The third kappa shape index (κ3) is 3.86. The summed E-state index contributed by atoms with van der Waals surface area (Å²) in [5.74, 6) is -0.202. The lowest BCUT2D eigenvalue weighted by Gasteiger charge is -2.10. The molecule has 106 valence electrons. The lowest BCUT2D eigenvalue weighted by molar-refractivity contribution is -0.107. The molecule has 2 aromatic rings. The number of hydrogen-bond donors (Lipinski definition) is 0. The second kappa shape index (κ2) is 6.95. The van der Waals surface area contributed by atoms with Crippen LogP contribution in [0.25, 0.3) is 0 Å². The predicted octanol–water partition coefficient (Wildman–Crippen LogP) is 3.18. The molecule has 0 aliphatic carbocycles. The summed E-state index contributed by atoms with van der Waals surface area (Å²) in [4.78, 5) is 14.6. The first-order valence-corrected chi connectivity index (χ1v) is 6.83. The van der Waals surface area contributed by atoms with Crippen LogP contribution in [0, 0.1) is 17.1 Å². The zero-order chi connectivity index (χ0) is 15.2. The van der Waals surface area contributed by atoms with Crippen LogP contribution in [0.5, 0.6) is 5.88 Å². The van der Waals surface area contributed by atoms with Crippen LogP contribution in [0.15, 0.2) is 34.9 Å². The second-order valence-corrected chi connectivity index (χ2v) is 4.93. The molecule has 0 amide bonds. The first kappa shape index (κ1) is 15.1. The van der Waals surface area contributed by atoms with Gasteiger partial charge in [-0.25, -0.2) is 9.37 Å². The molecule has 1 aromatic heterocycles. The van der Waals surface area contributed by atoms with Gasteiger partial charge in [0.25, 0.3) is 0 Å². The average Bonchev–Trinajstić information content (AvgIpc) is 2.49. The van der Waals surface area contributed by atoms with Gasteiger partial charge in [0, 0.05) is 12.5 Å². The lowest BCUT2D eigenvalue weighted by atomic mass is 10.0. The molecule has 4 nitrogen and oxygen atoms in total. The molecule has 0 N–H and O–H groups in total. The fourth-order valence-electron chi connectivity index (χ4n) is 1.75. The summed E-state index contributed by atoms with van der Waals surface area (Å²) in [6.45, 7) is 0.181. The van der Waals surface area contributed by atoms with Gasteiger partial charge in [-0.3, -0.25) is 0 Å². The smallest absolute Gasteiger partial charge is 0.214 e. The Hall–Kier alpha value is -2.26. The zero-order valence-electron chi connectivity index (χ0n) is 10.8. The van der Waals surface area contributed by atoms with E-state index in [1.54, 1.807) is 18.2 Å². The highest BCUT2D eigenvalue weighted by atomic mass is 79.9. The van der Waals surface area contributed by atoms with Crippen molar-refractivity contribution in [2.75, 3.05) is 0 Å². The number of ether oxygens (including phenoxy) is 1. The van der Waals surface area contributed by atoms with Crippen molar-refractivity contribution in [2.24, 2.45) is 0 Å². The molecule has 1 aromatic carbocycles. The summed E-state index contributed by atoms with van der Waals surface area (Å²) in [5.41, 5.74) is 1.99. The van der Waals surface area contributed by atoms with Gasteiger partial charge in [0.1, 0.15) is 17.5 Å². The van der Waals surface area contributed by atoms with Crippen LogP contribution in [0.2, 0.25) is 0 Å². The number of aromatic nitrogens is 1. The Balaban J connectivity index is 2.17. The normalized spacial score (nSPS) is 9.95. The van der Waals surface area contributed by atoms with E-state index in [0.29, 0.717) is 5.56 Å². The van der Waals surface area contributed by atoms with Gasteiger partial charge in [-0.15, -0.1) is 0 Å². The average molecular weight is 349 g/mol. The summed E-state index contributed by atoms with van der Waals surface area (Å²) >= 11 is 2.98. The number of hydrogen-bond acceptors (Lipinski definition) is 4. The Morgan fingerprint density at radius 1 is 1.33 bits per heavy atom. The molecule has 0 atom stereocenters. The molecule has 0 unspecified atom stereocenters. The van der Waals surface area contributed by atoms with E-state index in [0.717, 1.165) is 17.4 Å². The molecule has 0 aliphatic rings. The van der Waals surface area contributed by atoms with Crippen LogP contribution < -0.4 is 4.74 Å². The summed E-state index contributed by atoms with van der Waals surface area (Å²) in [6, 6.07) is 9.73. The van der Waals surface area contributed by atoms with E-state index in [1.807, 2.05) is 6.07 Å². The maximum Gasteiger partial charge on any atom is 0.214 e. The highest BCUT2D eigenvalue weighted by Crippen LogP contribution is 2.19. The fraction of sp³-hybridized carbons (Fsp3) is 0.133. The molecule has 6 heteroatoms. The standard InChI is InChI=1S/C15H10BrFN2O2/c16-15-13(17)3-4-14(19-15)21-9-12-2-1-10(8-18)7-11(12)5-6-20/h1-4,6-7H,5,9H2. The molecule has 0 fully saturated rings. The highest BCUT2D eigenvalue weighted by molar-refractivity contribution is 9.10. The van der Waals surface area contributed by atoms with Crippen LogP contribution >= 0.6 is 15.9 Å². The SMILES string of the molecule is N#Cc1ccc(COc2ccc(F)c(Br)n2)c(CC=O)c1. The van der Waals surface area contributed by atoms with Gasteiger partial charge in [-0.2, -0.15) is 5.26 Å². The van der Waals surface area contributed by atoms with Crippen LogP contribution in [-0.4, -0.2) is 11.3 Å². The molecular weight excluding hydrogens is 339 g/mol. The molecule has 0 aliphatic heterocycles. The predicted molar refractivity (Wildman–Crippen MR) is 77.2 cm³/mol. The van der Waals surface area contributed by atoms with Crippen molar-refractivity contribution in [2.45, 2.75) is 13.0 Å². The summed E-state index contributed by atoms with van der Waals surface area (Å²) in [6.07, 6.45) is 0.974. The number of nitrogens with zero attached hydrogens (tertiary/aromatic N) is 2. The van der Waals surface area contributed by atoms with Gasteiger partial charge < -0.3 is 9.53 Å². The molecule has 1 heterocycles. The minimum absolute atomic E-state index is 0.0768. The van der Waals surface area contributed by atoms with Crippen molar-refractivity contribution in [3.63, 3.8) is 0 Å². The summed E-state index contributed by atoms with van der Waals surface area (Å²) in [5, 5.41) is 8.87. The van der Waals surface area contributed by atoms with Crippen molar-refractivity contribution in [3.05, 3.63) is 57.4 Å². The lowest BCUT2D eigenvalue weighted by Crippen LogP contribution is -2.03. The molecule has 0 saturated heterocycles. The van der Waals surface area contributed by atoms with E-state index in [2.05, 4.69) is 20.9 Å². The maximum atomic E-state index is 13.1. The van der Waals surface area contributed by atoms with Crippen molar-refractivity contribution in [1.82, 2.24) is 4.98 Å². The topological polar surface area (TPSA) is 63.0 Å². The van der Waals surface area contributed by atoms with E-state index < -0.39 is 5.82 Å². The number of carbonyl (C=O) groups excluding carboxylic acids is 1. The third-order valence-corrected chi connectivity index (χ3v) is 3.35. The number of carbonyl (C=O) groups is 1. The minimum Gasteiger partial charge on any atom is -0.473 e. The van der Waals surface area contributed by atoms with Crippen molar-refractivity contribution >= 4 is 22.2 Å². The largest absolute Gasteiger partial charge is 0.473 e. The summed E-state index contributed by atoms with van der Waals surface area (Å²) in [7, 11) is 0. The highest BCUT2D eigenvalue weighted by Gasteiger charge is 2.07. The molecule has 21 heavy (non-hydrogen) atoms. The van der Waals surface area contributed by atoms with Crippen molar-refractivity contribution in [1.29, 1.82) is 5.26 Å². The Morgan fingerprint density at radius 3 is 2.81 bits per heavy atom. The van der Waals surface area contributed by atoms with E-state index in [9.17, 15) is 9.18 Å². The molecule has 0 bridgehead atoms. The maximum absolute atomic E-state index is 13.1. The molecule has 2 rings (SSSR count). The van der Waals surface area contributed by atoms with Crippen molar-refractivity contribution in [3.8, 4) is 11.9 Å². The van der Waals surface area contributed by atoms with Crippen LogP contribution in [0.1, 0.15) is 16.7 Å². The zero-order valence-corrected chi connectivity index (χ0v) is 12.4. The van der Waals surface area contributed by atoms with Gasteiger partial charge in [0.2, 0.25) is 5.88 Å². The van der Waals surface area contributed by atoms with Gasteiger partial charge in [-0.1, -0.05) is 6.07 Å². The quantitative estimate of drug-likeness (QED) is 0.614. The third-order valence-electron chi connectivity index (χ3n) is 2.79. The van der Waals surface area contributed by atoms with Crippen LogP contribution in [0.3, 0.4) is 0 Å². The monoisotopic (exact) mass is 348 g/mol. The second-order valence-electron chi connectivity index (χ2n) is 4.18. The molecular formula is C15H10BrFN2O2. The molecule has 0 radical (unpaired) electrons. The number of benzene rings is 1. The van der Waals surface area contributed by atoms with Crippen LogP contribution in [-0.2, 0) is 17.8 Å². The van der Waals surface area contributed by atoms with E-state index in [-0.39, 0.29) is 23.5 Å². The first-order chi connectivity index (χ1) is 10.1. The Labute approximate surface area is 129 Å². The Morgan fingerprint density at radius 2 is 2.14 bits per heavy atom. The van der Waals surface area contributed by atoms with Gasteiger partial charge >= 0.3 is 0 Å². The van der Waals surface area contributed by atoms with Crippen LogP contribution in [0.4, 0.5) is 4.39 Å². The number of aldehydes is 1. The molecule has 0 saturated carbocycles. The summed E-state index contributed by atoms with van der Waals surface area (Å²) < 4.78 is 18.6. The van der Waals surface area contributed by atoms with Crippen molar-refractivity contribution < 1.29 is 13.9 Å². The number of pyridine rings is 1. The van der Waals surface area contributed by atoms with Gasteiger partial charge in [0.15, 0.2) is 5.82 Å². The van der Waals surface area contributed by atoms with E-state index >= 15 is 0 Å². The Bertz CT molecular complexity index is 713. The van der Waals surface area contributed by atoms with E-state index in [1.165, 1.54) is 12.1 Å².